The zero-order valence-electron chi connectivity index (χ0n) is 16.0. The summed E-state index contributed by atoms with van der Waals surface area (Å²) >= 11 is 0. The number of rotatable bonds is 6. The predicted octanol–water partition coefficient (Wildman–Crippen LogP) is 2.68. The lowest BCUT2D eigenvalue weighted by Gasteiger charge is -2.28. The van der Waals surface area contributed by atoms with Crippen LogP contribution < -0.4 is 4.74 Å². The van der Waals surface area contributed by atoms with E-state index in [0.29, 0.717) is 6.54 Å². The molecule has 1 saturated heterocycles. The lowest BCUT2D eigenvalue weighted by molar-refractivity contribution is 0.00480. The maximum atomic E-state index is 10.4. The third-order valence-electron chi connectivity index (χ3n) is 4.98. The minimum absolute atomic E-state index is 0.258. The van der Waals surface area contributed by atoms with Crippen molar-refractivity contribution in [2.24, 2.45) is 0 Å². The van der Waals surface area contributed by atoms with Crippen molar-refractivity contribution < 1.29 is 14.6 Å². The van der Waals surface area contributed by atoms with Crippen molar-refractivity contribution >= 4 is 10.8 Å². The van der Waals surface area contributed by atoms with Gasteiger partial charge in [-0.05, 0) is 30.0 Å². The van der Waals surface area contributed by atoms with E-state index >= 15 is 0 Å². The molecule has 146 valence electrons. The molecular formula is C22H25N3O3. The van der Waals surface area contributed by atoms with Crippen LogP contribution in [0, 0.1) is 6.92 Å². The van der Waals surface area contributed by atoms with Gasteiger partial charge in [0.1, 0.15) is 24.3 Å². The second-order valence-electron chi connectivity index (χ2n) is 7.05. The molecule has 1 aliphatic heterocycles. The number of aromatic nitrogens is 2. The number of fused-ring (bicyclic) bond motifs is 1. The predicted molar refractivity (Wildman–Crippen MR) is 108 cm³/mol. The average molecular weight is 379 g/mol. The highest BCUT2D eigenvalue weighted by Gasteiger charge is 2.16. The van der Waals surface area contributed by atoms with Crippen molar-refractivity contribution in [2.45, 2.75) is 13.0 Å². The summed E-state index contributed by atoms with van der Waals surface area (Å²) in [6.45, 7) is 5.89. The number of morpholine rings is 1. The van der Waals surface area contributed by atoms with Crippen LogP contribution in [-0.2, 0) is 4.74 Å². The molecule has 1 atom stereocenters. The van der Waals surface area contributed by atoms with E-state index in [9.17, 15) is 5.11 Å². The van der Waals surface area contributed by atoms with Gasteiger partial charge in [-0.15, -0.1) is 0 Å². The van der Waals surface area contributed by atoms with Crippen LogP contribution in [0.25, 0.3) is 21.9 Å². The number of hydrogen-bond acceptors (Lipinski definition) is 6. The summed E-state index contributed by atoms with van der Waals surface area (Å²) in [6.07, 6.45) is 3.15. The van der Waals surface area contributed by atoms with E-state index in [1.54, 1.807) is 0 Å². The molecule has 1 aromatic heterocycles. The highest BCUT2D eigenvalue weighted by Crippen LogP contribution is 2.34. The van der Waals surface area contributed by atoms with Crippen LogP contribution in [0.5, 0.6) is 5.75 Å². The number of ether oxygens (including phenoxy) is 2. The molecule has 0 spiro atoms. The number of hydrogen-bond donors (Lipinski definition) is 1. The second-order valence-corrected chi connectivity index (χ2v) is 7.05. The quantitative estimate of drug-likeness (QED) is 0.710. The fourth-order valence-corrected chi connectivity index (χ4v) is 3.50. The van der Waals surface area contributed by atoms with Gasteiger partial charge in [-0.3, -0.25) is 4.90 Å². The Labute approximate surface area is 164 Å². The Morgan fingerprint density at radius 2 is 1.79 bits per heavy atom. The smallest absolute Gasteiger partial charge is 0.127 e. The molecule has 0 saturated carbocycles. The van der Waals surface area contributed by atoms with E-state index < -0.39 is 6.10 Å². The molecule has 0 bridgehead atoms. The fourth-order valence-electron chi connectivity index (χ4n) is 3.50. The Morgan fingerprint density at radius 1 is 1.07 bits per heavy atom. The summed E-state index contributed by atoms with van der Waals surface area (Å²) in [6, 6.07) is 12.1. The normalized spacial score (nSPS) is 16.2. The highest BCUT2D eigenvalue weighted by molar-refractivity contribution is 5.99. The number of nitrogens with zero attached hydrogens (tertiary/aromatic N) is 3. The SMILES string of the molecule is Cc1ncc(-c2ccc(OCC(O)CN3CCOCC3)c3ccccc23)cn1. The third-order valence-corrected chi connectivity index (χ3v) is 4.98. The summed E-state index contributed by atoms with van der Waals surface area (Å²) in [4.78, 5) is 10.8. The molecule has 1 fully saturated rings. The monoisotopic (exact) mass is 379 g/mol. The van der Waals surface area contributed by atoms with Gasteiger partial charge in [0.15, 0.2) is 0 Å². The van der Waals surface area contributed by atoms with Crippen molar-refractivity contribution in [3.63, 3.8) is 0 Å². The molecular weight excluding hydrogens is 354 g/mol. The van der Waals surface area contributed by atoms with Gasteiger partial charge >= 0.3 is 0 Å². The Balaban J connectivity index is 1.52. The van der Waals surface area contributed by atoms with Crippen molar-refractivity contribution in [1.82, 2.24) is 14.9 Å². The van der Waals surface area contributed by atoms with E-state index in [4.69, 9.17) is 9.47 Å². The van der Waals surface area contributed by atoms with Gasteiger partial charge in [0.2, 0.25) is 0 Å². The zero-order valence-corrected chi connectivity index (χ0v) is 16.0. The average Bonchev–Trinajstić information content (AvgIpc) is 2.73. The van der Waals surface area contributed by atoms with Crippen LogP contribution in [0.4, 0.5) is 0 Å². The van der Waals surface area contributed by atoms with Crippen LogP contribution in [0.1, 0.15) is 5.82 Å². The number of aliphatic hydroxyl groups is 1. The van der Waals surface area contributed by atoms with E-state index in [2.05, 4.69) is 20.9 Å². The van der Waals surface area contributed by atoms with Gasteiger partial charge in [-0.2, -0.15) is 0 Å². The first-order valence-corrected chi connectivity index (χ1v) is 9.62. The van der Waals surface area contributed by atoms with Crippen LogP contribution in [-0.4, -0.2) is 65.5 Å². The molecule has 2 heterocycles. The minimum Gasteiger partial charge on any atom is -0.490 e. The maximum absolute atomic E-state index is 10.4. The Kier molecular flexibility index (Phi) is 5.81. The Morgan fingerprint density at radius 3 is 2.54 bits per heavy atom. The summed E-state index contributed by atoms with van der Waals surface area (Å²) in [7, 11) is 0. The number of benzene rings is 2. The molecule has 1 unspecified atom stereocenters. The number of β-amino-alcohol motifs (C(OH)–C–C–N with tert-alkyl or cyclic N) is 1. The van der Waals surface area contributed by atoms with E-state index in [0.717, 1.165) is 59.8 Å². The lowest BCUT2D eigenvalue weighted by Crippen LogP contribution is -2.42. The van der Waals surface area contributed by atoms with Gasteiger partial charge in [0.25, 0.3) is 0 Å². The maximum Gasteiger partial charge on any atom is 0.127 e. The molecule has 6 nitrogen and oxygen atoms in total. The summed E-state index contributed by atoms with van der Waals surface area (Å²) in [5.74, 6) is 1.52. The summed E-state index contributed by atoms with van der Waals surface area (Å²) in [5.41, 5.74) is 2.04. The van der Waals surface area contributed by atoms with Gasteiger partial charge in [0, 0.05) is 43.0 Å². The first-order valence-electron chi connectivity index (χ1n) is 9.62. The van der Waals surface area contributed by atoms with Crippen molar-refractivity contribution in [3.05, 3.63) is 54.6 Å². The summed E-state index contributed by atoms with van der Waals surface area (Å²) in [5, 5.41) is 12.5. The number of aryl methyl sites for hydroxylation is 1. The molecule has 1 aliphatic rings. The van der Waals surface area contributed by atoms with Crippen molar-refractivity contribution in [1.29, 1.82) is 0 Å². The topological polar surface area (TPSA) is 67.7 Å². The number of aliphatic hydroxyl groups excluding tert-OH is 1. The lowest BCUT2D eigenvalue weighted by atomic mass is 9.99. The zero-order chi connectivity index (χ0) is 19.3. The standard InChI is InChI=1S/C22H25N3O3/c1-16-23-12-17(13-24-16)19-6-7-22(21-5-3-2-4-20(19)21)28-15-18(26)14-25-8-10-27-11-9-25/h2-7,12-13,18,26H,8-11,14-15H2,1H3. The molecule has 0 amide bonds. The highest BCUT2D eigenvalue weighted by atomic mass is 16.5. The Bertz CT molecular complexity index is 924. The summed E-state index contributed by atoms with van der Waals surface area (Å²) < 4.78 is 11.3. The van der Waals surface area contributed by atoms with E-state index in [1.807, 2.05) is 49.6 Å². The largest absolute Gasteiger partial charge is 0.490 e. The molecule has 0 radical (unpaired) electrons. The van der Waals surface area contributed by atoms with Crippen molar-refractivity contribution in [2.75, 3.05) is 39.5 Å². The molecule has 6 heteroatoms. The molecule has 4 rings (SSSR count). The molecule has 0 aliphatic carbocycles. The minimum atomic E-state index is -0.540. The second kappa shape index (κ2) is 8.65. The van der Waals surface area contributed by atoms with Gasteiger partial charge in [-0.25, -0.2) is 9.97 Å². The molecule has 1 N–H and O–H groups in total. The van der Waals surface area contributed by atoms with Crippen LogP contribution in [0.2, 0.25) is 0 Å². The molecule has 28 heavy (non-hydrogen) atoms. The van der Waals surface area contributed by atoms with Gasteiger partial charge in [0.05, 0.1) is 13.2 Å². The first kappa shape index (κ1) is 18.8. The fraction of sp³-hybridized carbons (Fsp3) is 0.364. The molecule has 2 aromatic carbocycles. The van der Waals surface area contributed by atoms with Crippen LogP contribution >= 0.6 is 0 Å². The molecule has 3 aromatic rings. The third kappa shape index (κ3) is 4.30. The van der Waals surface area contributed by atoms with E-state index in [-0.39, 0.29) is 6.61 Å². The Hall–Kier alpha value is -2.54. The van der Waals surface area contributed by atoms with Gasteiger partial charge in [-0.1, -0.05) is 24.3 Å². The van der Waals surface area contributed by atoms with Crippen molar-refractivity contribution in [3.8, 4) is 16.9 Å². The van der Waals surface area contributed by atoms with Crippen LogP contribution in [0.15, 0.2) is 48.8 Å². The van der Waals surface area contributed by atoms with Crippen LogP contribution in [0.3, 0.4) is 0 Å². The first-order chi connectivity index (χ1) is 13.7. The van der Waals surface area contributed by atoms with Gasteiger partial charge < -0.3 is 14.6 Å². The van der Waals surface area contributed by atoms with E-state index in [1.165, 1.54) is 0 Å².